The number of halogens is 4. The summed E-state index contributed by atoms with van der Waals surface area (Å²) < 4.78 is 39.8. The van der Waals surface area contributed by atoms with Crippen LogP contribution in [0.15, 0.2) is 16.6 Å². The Morgan fingerprint density at radius 2 is 1.93 bits per heavy atom. The molecule has 14 heavy (non-hydrogen) atoms. The van der Waals surface area contributed by atoms with Crippen molar-refractivity contribution in [2.75, 3.05) is 5.73 Å². The lowest BCUT2D eigenvalue weighted by molar-refractivity contribution is -0.274. The van der Waals surface area contributed by atoms with Crippen LogP contribution in [-0.4, -0.2) is 6.36 Å². The Morgan fingerprint density at radius 3 is 2.43 bits per heavy atom. The highest BCUT2D eigenvalue weighted by Crippen LogP contribution is 2.32. The SMILES string of the molecule is Cc1cc(N)c(Br)cc1OC(F)(F)F. The first-order valence-electron chi connectivity index (χ1n) is 3.61. The van der Waals surface area contributed by atoms with Crippen LogP contribution in [0.5, 0.6) is 5.75 Å². The van der Waals surface area contributed by atoms with Gasteiger partial charge in [-0.05, 0) is 40.5 Å². The Kier molecular flexibility index (Phi) is 2.94. The number of rotatable bonds is 1. The summed E-state index contributed by atoms with van der Waals surface area (Å²) in [6.07, 6.45) is -4.68. The molecule has 78 valence electrons. The fourth-order valence-corrected chi connectivity index (χ4v) is 1.24. The highest BCUT2D eigenvalue weighted by molar-refractivity contribution is 9.10. The van der Waals surface area contributed by atoms with Crippen LogP contribution >= 0.6 is 15.9 Å². The van der Waals surface area contributed by atoms with Gasteiger partial charge < -0.3 is 10.5 Å². The Hall–Kier alpha value is -0.910. The zero-order chi connectivity index (χ0) is 10.9. The first-order chi connectivity index (χ1) is 6.29. The average Bonchev–Trinajstić information content (AvgIpc) is 1.97. The molecule has 0 atom stereocenters. The number of benzene rings is 1. The molecule has 0 saturated heterocycles. The molecule has 0 aliphatic rings. The molecule has 0 aliphatic heterocycles. The van der Waals surface area contributed by atoms with Crippen LogP contribution in [0, 0.1) is 6.92 Å². The topological polar surface area (TPSA) is 35.2 Å². The van der Waals surface area contributed by atoms with Gasteiger partial charge in [-0.15, -0.1) is 13.2 Å². The Bertz CT molecular complexity index is 351. The summed E-state index contributed by atoms with van der Waals surface area (Å²) in [5, 5.41) is 0. The maximum absolute atomic E-state index is 11.9. The van der Waals surface area contributed by atoms with Gasteiger partial charge in [-0.1, -0.05) is 0 Å². The Morgan fingerprint density at radius 1 is 1.36 bits per heavy atom. The smallest absolute Gasteiger partial charge is 0.405 e. The third-order valence-corrected chi connectivity index (χ3v) is 2.21. The highest BCUT2D eigenvalue weighted by atomic mass is 79.9. The molecule has 0 spiro atoms. The van der Waals surface area contributed by atoms with Crippen LogP contribution < -0.4 is 10.5 Å². The lowest BCUT2D eigenvalue weighted by Gasteiger charge is -2.12. The van der Waals surface area contributed by atoms with Gasteiger partial charge >= 0.3 is 6.36 Å². The van der Waals surface area contributed by atoms with Gasteiger partial charge in [-0.2, -0.15) is 0 Å². The van der Waals surface area contributed by atoms with Gasteiger partial charge in [0.25, 0.3) is 0 Å². The molecule has 0 saturated carbocycles. The molecular weight excluding hydrogens is 263 g/mol. The van der Waals surface area contributed by atoms with Crippen molar-refractivity contribution in [3.05, 3.63) is 22.2 Å². The van der Waals surface area contributed by atoms with E-state index < -0.39 is 6.36 Å². The summed E-state index contributed by atoms with van der Waals surface area (Å²) in [4.78, 5) is 0. The summed E-state index contributed by atoms with van der Waals surface area (Å²) in [6.45, 7) is 1.49. The van der Waals surface area contributed by atoms with Crippen molar-refractivity contribution in [1.29, 1.82) is 0 Å². The predicted octanol–water partition coefficient (Wildman–Crippen LogP) is 3.24. The Labute approximate surface area is 87.0 Å². The molecular formula is C8H7BrF3NO. The van der Waals surface area contributed by atoms with Gasteiger partial charge in [0.05, 0.1) is 0 Å². The van der Waals surface area contributed by atoms with Crippen LogP contribution in [0.2, 0.25) is 0 Å². The van der Waals surface area contributed by atoms with E-state index in [0.29, 0.717) is 15.7 Å². The van der Waals surface area contributed by atoms with Crippen LogP contribution in [0.4, 0.5) is 18.9 Å². The lowest BCUT2D eigenvalue weighted by Crippen LogP contribution is -2.17. The van der Waals surface area contributed by atoms with Crippen molar-refractivity contribution in [3.8, 4) is 5.75 Å². The molecule has 0 amide bonds. The summed E-state index contributed by atoms with van der Waals surface area (Å²) >= 11 is 3.02. The number of ether oxygens (including phenoxy) is 1. The number of alkyl halides is 3. The van der Waals surface area contributed by atoms with Gasteiger partial charge in [-0.3, -0.25) is 0 Å². The molecule has 2 nitrogen and oxygen atoms in total. The maximum atomic E-state index is 11.9. The number of anilines is 1. The van der Waals surface area contributed by atoms with Crippen molar-refractivity contribution >= 4 is 21.6 Å². The maximum Gasteiger partial charge on any atom is 0.573 e. The van der Waals surface area contributed by atoms with Crippen molar-refractivity contribution < 1.29 is 17.9 Å². The highest BCUT2D eigenvalue weighted by Gasteiger charge is 2.31. The van der Waals surface area contributed by atoms with Crippen molar-refractivity contribution in [2.24, 2.45) is 0 Å². The molecule has 1 aromatic carbocycles. The van der Waals surface area contributed by atoms with Gasteiger partial charge in [0.15, 0.2) is 0 Å². The lowest BCUT2D eigenvalue weighted by atomic mass is 10.2. The predicted molar refractivity (Wildman–Crippen MR) is 50.0 cm³/mol. The van der Waals surface area contributed by atoms with Crippen LogP contribution in [0.3, 0.4) is 0 Å². The number of hydrogen-bond acceptors (Lipinski definition) is 2. The molecule has 0 unspecified atom stereocenters. The summed E-state index contributed by atoms with van der Waals surface area (Å²) in [7, 11) is 0. The van der Waals surface area contributed by atoms with E-state index in [1.165, 1.54) is 19.1 Å². The first-order valence-corrected chi connectivity index (χ1v) is 4.40. The van der Waals surface area contributed by atoms with Crippen LogP contribution in [-0.2, 0) is 0 Å². The molecule has 1 aromatic rings. The first kappa shape index (κ1) is 11.2. The summed E-state index contributed by atoms with van der Waals surface area (Å²) in [5.41, 5.74) is 6.18. The van der Waals surface area contributed by atoms with E-state index >= 15 is 0 Å². The van der Waals surface area contributed by atoms with Crippen molar-refractivity contribution in [2.45, 2.75) is 13.3 Å². The zero-order valence-electron chi connectivity index (χ0n) is 7.15. The second-order valence-electron chi connectivity index (χ2n) is 2.69. The summed E-state index contributed by atoms with van der Waals surface area (Å²) in [6, 6.07) is 2.60. The van der Waals surface area contributed by atoms with Crippen molar-refractivity contribution in [1.82, 2.24) is 0 Å². The molecule has 0 radical (unpaired) electrons. The molecule has 0 bridgehead atoms. The van der Waals surface area contributed by atoms with Crippen LogP contribution in [0.1, 0.15) is 5.56 Å². The molecule has 1 rings (SSSR count). The van der Waals surface area contributed by atoms with Gasteiger partial charge in [0.1, 0.15) is 5.75 Å². The quantitative estimate of drug-likeness (QED) is 0.795. The monoisotopic (exact) mass is 269 g/mol. The average molecular weight is 270 g/mol. The van der Waals surface area contributed by atoms with E-state index in [1.807, 2.05) is 0 Å². The van der Waals surface area contributed by atoms with E-state index in [2.05, 4.69) is 20.7 Å². The van der Waals surface area contributed by atoms with Crippen molar-refractivity contribution in [3.63, 3.8) is 0 Å². The molecule has 6 heteroatoms. The third-order valence-electron chi connectivity index (χ3n) is 1.52. The van der Waals surface area contributed by atoms with Gasteiger partial charge in [0.2, 0.25) is 0 Å². The third kappa shape index (κ3) is 2.80. The van der Waals surface area contributed by atoms with E-state index in [9.17, 15) is 13.2 Å². The second-order valence-corrected chi connectivity index (χ2v) is 3.54. The molecule has 0 fully saturated rings. The van der Waals surface area contributed by atoms with Gasteiger partial charge in [0, 0.05) is 10.2 Å². The minimum atomic E-state index is -4.68. The van der Waals surface area contributed by atoms with E-state index in [-0.39, 0.29) is 5.75 Å². The second kappa shape index (κ2) is 3.68. The summed E-state index contributed by atoms with van der Waals surface area (Å²) in [5.74, 6) is -0.251. The van der Waals surface area contributed by atoms with E-state index in [1.54, 1.807) is 0 Å². The standard InChI is InChI=1S/C8H7BrF3NO/c1-4-2-6(13)5(9)3-7(4)14-8(10,11)12/h2-3H,13H2,1H3. The zero-order valence-corrected chi connectivity index (χ0v) is 8.74. The van der Waals surface area contributed by atoms with Gasteiger partial charge in [-0.25, -0.2) is 0 Å². The number of nitrogens with two attached hydrogens (primary N) is 1. The molecule has 0 aliphatic carbocycles. The molecule has 0 aromatic heterocycles. The largest absolute Gasteiger partial charge is 0.573 e. The number of nitrogen functional groups attached to an aromatic ring is 1. The Balaban J connectivity index is 3.04. The number of hydrogen-bond donors (Lipinski definition) is 1. The normalized spacial score (nSPS) is 11.5. The van der Waals surface area contributed by atoms with E-state index in [4.69, 9.17) is 5.73 Å². The fraction of sp³-hybridized carbons (Fsp3) is 0.250. The minimum absolute atomic E-state index is 0.251. The van der Waals surface area contributed by atoms with E-state index in [0.717, 1.165) is 0 Å². The van der Waals surface area contributed by atoms with Crippen LogP contribution in [0.25, 0.3) is 0 Å². The number of aryl methyl sites for hydroxylation is 1. The minimum Gasteiger partial charge on any atom is -0.405 e. The molecule has 0 heterocycles. The molecule has 2 N–H and O–H groups in total. The fourth-order valence-electron chi connectivity index (χ4n) is 0.920.